The van der Waals surface area contributed by atoms with Gasteiger partial charge in [0.05, 0.1) is 0 Å². The fourth-order valence-electron chi connectivity index (χ4n) is 0.824. The van der Waals surface area contributed by atoms with Crippen LogP contribution in [0.25, 0.3) is 0 Å². The third-order valence-electron chi connectivity index (χ3n) is 1.42. The van der Waals surface area contributed by atoms with E-state index in [1.807, 2.05) is 0 Å². The molecule has 0 unspecified atom stereocenters. The van der Waals surface area contributed by atoms with Gasteiger partial charge in [0.1, 0.15) is 0 Å². The first-order valence-corrected chi connectivity index (χ1v) is 3.10. The molecule has 0 amide bonds. The SMILES string of the molecule is [Br-].[CH2-]c1c(F)cccc1C(F)(F)F.[Mg+2]. The zero-order chi connectivity index (χ0) is 9.35. The summed E-state index contributed by atoms with van der Waals surface area (Å²) in [7, 11) is 0. The van der Waals surface area contributed by atoms with Crippen LogP contribution in [0.5, 0.6) is 0 Å². The van der Waals surface area contributed by atoms with Gasteiger partial charge in [-0.15, -0.1) is 11.6 Å². The average molecular weight is 281 g/mol. The van der Waals surface area contributed by atoms with E-state index in [-0.39, 0.29) is 40.0 Å². The van der Waals surface area contributed by atoms with Crippen molar-refractivity contribution in [3.05, 3.63) is 42.1 Å². The number of benzene rings is 1. The number of alkyl halides is 3. The molecule has 0 aromatic heterocycles. The normalized spacial score (nSPS) is 10.0. The van der Waals surface area contributed by atoms with Crippen molar-refractivity contribution in [2.24, 2.45) is 0 Å². The van der Waals surface area contributed by atoms with Crippen molar-refractivity contribution in [1.29, 1.82) is 0 Å². The Labute approximate surface area is 106 Å². The minimum absolute atomic E-state index is 0. The van der Waals surface area contributed by atoms with Crippen LogP contribution in [0.4, 0.5) is 17.6 Å². The zero-order valence-corrected chi connectivity index (χ0v) is 10.0. The van der Waals surface area contributed by atoms with Crippen molar-refractivity contribution in [3.63, 3.8) is 0 Å². The van der Waals surface area contributed by atoms with Crippen LogP contribution >= 0.6 is 0 Å². The summed E-state index contributed by atoms with van der Waals surface area (Å²) >= 11 is 0. The van der Waals surface area contributed by atoms with Crippen LogP contribution in [0.3, 0.4) is 0 Å². The molecule has 0 aliphatic heterocycles. The third kappa shape index (κ3) is 3.66. The van der Waals surface area contributed by atoms with Gasteiger partial charge < -0.3 is 17.0 Å². The van der Waals surface area contributed by atoms with Crippen molar-refractivity contribution in [3.8, 4) is 0 Å². The van der Waals surface area contributed by atoms with E-state index in [1.165, 1.54) is 0 Å². The summed E-state index contributed by atoms with van der Waals surface area (Å²) in [4.78, 5) is 0. The molecule has 0 saturated heterocycles. The summed E-state index contributed by atoms with van der Waals surface area (Å²) in [6.45, 7) is 2.99. The van der Waals surface area contributed by atoms with Gasteiger partial charge in [0, 0.05) is 5.82 Å². The molecule has 0 aliphatic rings. The third-order valence-corrected chi connectivity index (χ3v) is 1.42. The summed E-state index contributed by atoms with van der Waals surface area (Å²) in [5, 5.41) is 0. The molecule has 0 atom stereocenters. The van der Waals surface area contributed by atoms with Crippen LogP contribution in [-0.4, -0.2) is 23.1 Å². The molecule has 0 fully saturated rings. The molecule has 0 bridgehead atoms. The fraction of sp³-hybridized carbons (Fsp3) is 0.125. The van der Waals surface area contributed by atoms with Gasteiger partial charge >= 0.3 is 29.2 Å². The first kappa shape index (κ1) is 16.5. The van der Waals surface area contributed by atoms with E-state index in [0.29, 0.717) is 0 Å². The zero-order valence-electron chi connectivity index (χ0n) is 7.04. The van der Waals surface area contributed by atoms with Gasteiger partial charge in [-0.25, -0.2) is 0 Å². The second-order valence-corrected chi connectivity index (χ2v) is 2.26. The Kier molecular flexibility index (Phi) is 6.85. The molecule has 0 nitrogen and oxygen atoms in total. The number of hydrogen-bond acceptors (Lipinski definition) is 0. The van der Waals surface area contributed by atoms with Crippen molar-refractivity contribution in [2.45, 2.75) is 6.18 Å². The predicted molar refractivity (Wildman–Crippen MR) is 41.6 cm³/mol. The first-order chi connectivity index (χ1) is 5.43. The Balaban J connectivity index is 0. The van der Waals surface area contributed by atoms with Gasteiger partial charge in [-0.1, -0.05) is 12.1 Å². The molecule has 0 radical (unpaired) electrons. The fourth-order valence-corrected chi connectivity index (χ4v) is 0.824. The van der Waals surface area contributed by atoms with E-state index in [4.69, 9.17) is 0 Å². The van der Waals surface area contributed by atoms with Crippen LogP contribution in [0.15, 0.2) is 18.2 Å². The van der Waals surface area contributed by atoms with Crippen LogP contribution < -0.4 is 17.0 Å². The van der Waals surface area contributed by atoms with Crippen LogP contribution in [0.1, 0.15) is 11.1 Å². The molecular weight excluding hydrogens is 276 g/mol. The minimum atomic E-state index is -4.53. The van der Waals surface area contributed by atoms with Crippen molar-refractivity contribution >= 4 is 23.1 Å². The summed E-state index contributed by atoms with van der Waals surface area (Å²) in [5.41, 5.74) is -1.63. The van der Waals surface area contributed by atoms with E-state index in [1.54, 1.807) is 0 Å². The molecule has 14 heavy (non-hydrogen) atoms. The van der Waals surface area contributed by atoms with Crippen molar-refractivity contribution in [1.82, 2.24) is 0 Å². The maximum atomic E-state index is 12.5. The second-order valence-electron chi connectivity index (χ2n) is 2.26. The van der Waals surface area contributed by atoms with Gasteiger partial charge in [0.2, 0.25) is 0 Å². The molecule has 0 aliphatic carbocycles. The summed E-state index contributed by atoms with van der Waals surface area (Å²) in [6, 6.07) is 2.75. The van der Waals surface area contributed by atoms with Crippen LogP contribution in [-0.2, 0) is 6.18 Å². The predicted octanol–water partition coefficient (Wildman–Crippen LogP) is -0.350. The van der Waals surface area contributed by atoms with Gasteiger partial charge in [-0.3, -0.25) is 4.39 Å². The molecule has 1 aromatic carbocycles. The smallest absolute Gasteiger partial charge is 1.00 e. The summed E-state index contributed by atoms with van der Waals surface area (Å²) in [5.74, 6) is -0.940. The van der Waals surface area contributed by atoms with Gasteiger partial charge in [0.25, 0.3) is 0 Å². The standard InChI is InChI=1S/C8H5F4.BrH.Mg/c1-5-6(8(10,11)12)3-2-4-7(5)9;;/h2-4H,1H2;1H;/q-1;;+2/p-1. The van der Waals surface area contributed by atoms with E-state index < -0.39 is 23.1 Å². The molecule has 6 heteroatoms. The topological polar surface area (TPSA) is 0 Å². The van der Waals surface area contributed by atoms with Gasteiger partial charge in [0.15, 0.2) is 0 Å². The van der Waals surface area contributed by atoms with Crippen LogP contribution in [0.2, 0.25) is 0 Å². The Bertz CT molecular complexity index is 298. The second kappa shape index (κ2) is 5.82. The Morgan fingerprint density at radius 1 is 1.14 bits per heavy atom. The Morgan fingerprint density at radius 2 is 1.64 bits per heavy atom. The van der Waals surface area contributed by atoms with E-state index in [2.05, 4.69) is 6.92 Å². The number of halogens is 5. The van der Waals surface area contributed by atoms with E-state index in [0.717, 1.165) is 18.2 Å². The van der Waals surface area contributed by atoms with Gasteiger partial charge in [-0.05, 0) is 5.56 Å². The molecule has 1 rings (SSSR count). The molecule has 0 N–H and O–H groups in total. The van der Waals surface area contributed by atoms with Crippen LogP contribution in [0, 0.1) is 12.7 Å². The monoisotopic (exact) mass is 280 g/mol. The molecule has 0 saturated carbocycles. The molecule has 1 aromatic rings. The Hall–Kier alpha value is 0.0562. The maximum Gasteiger partial charge on any atom is 2.00 e. The van der Waals surface area contributed by atoms with E-state index in [9.17, 15) is 17.6 Å². The number of hydrogen-bond donors (Lipinski definition) is 0. The van der Waals surface area contributed by atoms with Crippen molar-refractivity contribution in [2.75, 3.05) is 0 Å². The quantitative estimate of drug-likeness (QED) is 0.346. The molecule has 0 heterocycles. The molecule has 0 spiro atoms. The maximum absolute atomic E-state index is 12.5. The summed E-state index contributed by atoms with van der Waals surface area (Å²) < 4.78 is 48.6. The largest absolute Gasteiger partial charge is 2.00 e. The minimum Gasteiger partial charge on any atom is -1.00 e. The molecular formula is C8H5BrF4Mg. The van der Waals surface area contributed by atoms with Gasteiger partial charge in [-0.2, -0.15) is 20.1 Å². The first-order valence-electron chi connectivity index (χ1n) is 3.10. The van der Waals surface area contributed by atoms with E-state index >= 15 is 0 Å². The van der Waals surface area contributed by atoms with Crippen molar-refractivity contribution < 1.29 is 34.5 Å². The molecule has 74 valence electrons. The Morgan fingerprint density at radius 3 is 2.00 bits per heavy atom. The number of rotatable bonds is 0. The average Bonchev–Trinajstić information content (AvgIpc) is 1.92. The summed E-state index contributed by atoms with van der Waals surface area (Å²) in [6.07, 6.45) is -4.53.